The van der Waals surface area contributed by atoms with Gasteiger partial charge in [0.25, 0.3) is 0 Å². The summed E-state index contributed by atoms with van der Waals surface area (Å²) in [7, 11) is -2.43. The van der Waals surface area contributed by atoms with Gasteiger partial charge in [0, 0.05) is 13.1 Å². The highest BCUT2D eigenvalue weighted by atomic mass is 32.2. The van der Waals surface area contributed by atoms with E-state index in [1.54, 1.807) is 0 Å². The van der Waals surface area contributed by atoms with Crippen molar-refractivity contribution in [3.63, 3.8) is 0 Å². The van der Waals surface area contributed by atoms with E-state index in [-0.39, 0.29) is 11.7 Å². The van der Waals surface area contributed by atoms with E-state index in [2.05, 4.69) is 0 Å². The summed E-state index contributed by atoms with van der Waals surface area (Å²) in [4.78, 5) is -0.431. The van der Waals surface area contributed by atoms with Crippen LogP contribution in [0.4, 0.5) is 10.1 Å². The molecule has 4 nitrogen and oxygen atoms in total. The zero-order valence-electron chi connectivity index (χ0n) is 10.9. The first-order valence-electron chi connectivity index (χ1n) is 5.88. The molecular formula is C12H19FN2O2S. The van der Waals surface area contributed by atoms with Crippen molar-refractivity contribution < 1.29 is 12.8 Å². The first kappa shape index (κ1) is 14.9. The minimum absolute atomic E-state index is 0.0622. The highest BCUT2D eigenvalue weighted by Gasteiger charge is 2.30. The minimum Gasteiger partial charge on any atom is -0.398 e. The van der Waals surface area contributed by atoms with E-state index < -0.39 is 20.7 Å². The molecule has 0 amide bonds. The molecule has 0 aliphatic carbocycles. The lowest BCUT2D eigenvalue weighted by Crippen LogP contribution is -2.37. The standard InChI is InChI=1S/C12H19FN2O2S/c1-4-9(5-2)15(3)18(16,17)12-10(13)7-6-8-11(12)14/h6-9H,4-5,14H2,1-3H3. The minimum atomic E-state index is -3.89. The Balaban J connectivity index is 3.30. The molecule has 1 aromatic carbocycles. The van der Waals surface area contributed by atoms with Gasteiger partial charge in [0.1, 0.15) is 10.7 Å². The Kier molecular flexibility index (Phi) is 4.70. The number of nitrogens with zero attached hydrogens (tertiary/aromatic N) is 1. The maximum Gasteiger partial charge on any atom is 0.248 e. The number of nitrogen functional groups attached to an aromatic ring is 1. The lowest BCUT2D eigenvalue weighted by molar-refractivity contribution is 0.348. The molecule has 0 spiro atoms. The lowest BCUT2D eigenvalue weighted by Gasteiger charge is -2.26. The van der Waals surface area contributed by atoms with E-state index in [0.717, 1.165) is 6.07 Å². The Labute approximate surface area is 108 Å². The third-order valence-electron chi connectivity index (χ3n) is 3.09. The van der Waals surface area contributed by atoms with Crippen LogP contribution >= 0.6 is 0 Å². The second-order valence-corrected chi connectivity index (χ2v) is 6.08. The fourth-order valence-corrected chi connectivity index (χ4v) is 3.60. The van der Waals surface area contributed by atoms with Crippen molar-refractivity contribution >= 4 is 15.7 Å². The Morgan fingerprint density at radius 1 is 1.33 bits per heavy atom. The van der Waals surface area contributed by atoms with Gasteiger partial charge in [-0.15, -0.1) is 0 Å². The number of benzene rings is 1. The number of nitrogens with two attached hydrogens (primary N) is 1. The van der Waals surface area contributed by atoms with Crippen molar-refractivity contribution in [2.75, 3.05) is 12.8 Å². The summed E-state index contributed by atoms with van der Waals surface area (Å²) >= 11 is 0. The van der Waals surface area contributed by atoms with Crippen molar-refractivity contribution in [1.29, 1.82) is 0 Å². The molecule has 0 aliphatic rings. The monoisotopic (exact) mass is 274 g/mol. The van der Waals surface area contributed by atoms with Crippen molar-refractivity contribution in [1.82, 2.24) is 4.31 Å². The van der Waals surface area contributed by atoms with Crippen LogP contribution in [0.5, 0.6) is 0 Å². The molecule has 2 N–H and O–H groups in total. The number of hydrogen-bond donors (Lipinski definition) is 1. The molecule has 0 radical (unpaired) electrons. The van der Waals surface area contributed by atoms with Crippen LogP contribution in [0.1, 0.15) is 26.7 Å². The first-order chi connectivity index (χ1) is 8.36. The maximum atomic E-state index is 13.7. The van der Waals surface area contributed by atoms with Gasteiger partial charge in [-0.1, -0.05) is 19.9 Å². The van der Waals surface area contributed by atoms with Gasteiger partial charge >= 0.3 is 0 Å². The fourth-order valence-electron chi connectivity index (χ4n) is 1.94. The second kappa shape index (κ2) is 5.67. The Morgan fingerprint density at radius 3 is 2.33 bits per heavy atom. The fraction of sp³-hybridized carbons (Fsp3) is 0.500. The molecule has 0 aliphatic heterocycles. The van der Waals surface area contributed by atoms with Gasteiger partial charge in [-0.3, -0.25) is 0 Å². The highest BCUT2D eigenvalue weighted by Crippen LogP contribution is 2.26. The smallest absolute Gasteiger partial charge is 0.248 e. The number of rotatable bonds is 5. The predicted molar refractivity (Wildman–Crippen MR) is 70.1 cm³/mol. The van der Waals surface area contributed by atoms with Gasteiger partial charge in [0.15, 0.2) is 0 Å². The third-order valence-corrected chi connectivity index (χ3v) is 5.09. The summed E-state index contributed by atoms with van der Waals surface area (Å²) in [5.74, 6) is -0.812. The van der Waals surface area contributed by atoms with Crippen LogP contribution < -0.4 is 5.73 Å². The van der Waals surface area contributed by atoms with Crippen molar-refractivity contribution in [2.45, 2.75) is 37.6 Å². The van der Waals surface area contributed by atoms with Crippen LogP contribution in [-0.2, 0) is 10.0 Å². The summed E-state index contributed by atoms with van der Waals surface area (Å²) in [6.45, 7) is 3.79. The molecule has 1 rings (SSSR count). The van der Waals surface area contributed by atoms with Gasteiger partial charge in [-0.2, -0.15) is 4.31 Å². The van der Waals surface area contributed by atoms with Crippen LogP contribution in [0, 0.1) is 5.82 Å². The van der Waals surface area contributed by atoms with Gasteiger partial charge in [-0.05, 0) is 25.0 Å². The van der Waals surface area contributed by atoms with Gasteiger partial charge in [-0.25, -0.2) is 12.8 Å². The normalized spacial score (nSPS) is 12.3. The number of halogens is 1. The van der Waals surface area contributed by atoms with Crippen LogP contribution in [0.25, 0.3) is 0 Å². The molecule has 0 saturated heterocycles. The van der Waals surface area contributed by atoms with E-state index in [4.69, 9.17) is 5.73 Å². The maximum absolute atomic E-state index is 13.7. The summed E-state index contributed by atoms with van der Waals surface area (Å²) < 4.78 is 39.6. The van der Waals surface area contributed by atoms with Crippen molar-refractivity contribution in [3.05, 3.63) is 24.0 Å². The lowest BCUT2D eigenvalue weighted by atomic mass is 10.2. The quantitative estimate of drug-likeness (QED) is 0.837. The summed E-state index contributed by atoms with van der Waals surface area (Å²) in [6.07, 6.45) is 1.33. The zero-order valence-corrected chi connectivity index (χ0v) is 11.7. The number of hydrogen-bond acceptors (Lipinski definition) is 3. The molecule has 0 fully saturated rings. The molecule has 0 saturated carbocycles. The van der Waals surface area contributed by atoms with Crippen LogP contribution in [-0.4, -0.2) is 25.8 Å². The van der Waals surface area contributed by atoms with Crippen molar-refractivity contribution in [3.8, 4) is 0 Å². The van der Waals surface area contributed by atoms with E-state index >= 15 is 0 Å². The van der Waals surface area contributed by atoms with Crippen LogP contribution in [0.15, 0.2) is 23.1 Å². The summed E-state index contributed by atoms with van der Waals surface area (Å²) in [6, 6.07) is 3.72. The van der Waals surface area contributed by atoms with Crippen LogP contribution in [0.3, 0.4) is 0 Å². The molecule has 0 atom stereocenters. The summed E-state index contributed by atoms with van der Waals surface area (Å²) in [5.41, 5.74) is 5.52. The molecule has 0 unspecified atom stereocenters. The average Bonchev–Trinajstić information content (AvgIpc) is 2.29. The Bertz CT molecular complexity index is 493. The molecule has 18 heavy (non-hydrogen) atoms. The highest BCUT2D eigenvalue weighted by molar-refractivity contribution is 7.89. The largest absolute Gasteiger partial charge is 0.398 e. The van der Waals surface area contributed by atoms with E-state index in [0.29, 0.717) is 12.8 Å². The molecular weight excluding hydrogens is 255 g/mol. The van der Waals surface area contributed by atoms with E-state index in [9.17, 15) is 12.8 Å². The van der Waals surface area contributed by atoms with Gasteiger partial charge < -0.3 is 5.73 Å². The topological polar surface area (TPSA) is 63.4 Å². The molecule has 0 aromatic heterocycles. The molecule has 0 heterocycles. The molecule has 0 bridgehead atoms. The Morgan fingerprint density at radius 2 is 1.89 bits per heavy atom. The van der Waals surface area contributed by atoms with Crippen molar-refractivity contribution in [2.24, 2.45) is 0 Å². The van der Waals surface area contributed by atoms with Gasteiger partial charge in [0.2, 0.25) is 10.0 Å². The Hall–Kier alpha value is -1.14. The SMILES string of the molecule is CCC(CC)N(C)S(=O)(=O)c1c(N)cccc1F. The third kappa shape index (κ3) is 2.64. The second-order valence-electron chi connectivity index (χ2n) is 4.15. The predicted octanol–water partition coefficient (Wildman–Crippen LogP) is 2.22. The average molecular weight is 274 g/mol. The van der Waals surface area contributed by atoms with E-state index in [1.165, 1.54) is 23.5 Å². The number of sulfonamides is 1. The zero-order chi connectivity index (χ0) is 13.9. The number of anilines is 1. The first-order valence-corrected chi connectivity index (χ1v) is 7.32. The summed E-state index contributed by atoms with van der Waals surface area (Å²) in [5, 5.41) is 0. The molecule has 6 heteroatoms. The molecule has 1 aromatic rings. The van der Waals surface area contributed by atoms with E-state index in [1.807, 2.05) is 13.8 Å². The van der Waals surface area contributed by atoms with Gasteiger partial charge in [0.05, 0.1) is 5.69 Å². The van der Waals surface area contributed by atoms with Crippen LogP contribution in [0.2, 0.25) is 0 Å². The molecule has 102 valence electrons.